The standard InChI is InChI=1S/C25H25ClN4O2S/c26-18-3-6-23-20(8-18)17(13-33-23)12-29-14-25(32-24(29)31)7-1-2-16(10-25)11-30-15-28-21-5-4-19(27)9-22(21)30/h3-6,8-9,13,15-16H,1-2,7,10-12,14,27H2/t16-,25-/m0/s1. The number of imidazole rings is 1. The summed E-state index contributed by atoms with van der Waals surface area (Å²) >= 11 is 7.90. The molecule has 4 aromatic rings. The first kappa shape index (κ1) is 20.8. The van der Waals surface area contributed by atoms with Gasteiger partial charge in [-0.3, -0.25) is 4.90 Å². The molecule has 2 N–H and O–H groups in total. The Morgan fingerprint density at radius 3 is 3.09 bits per heavy atom. The van der Waals surface area contributed by atoms with E-state index in [2.05, 4.69) is 14.9 Å². The van der Waals surface area contributed by atoms with E-state index in [1.807, 2.05) is 47.6 Å². The van der Waals surface area contributed by atoms with E-state index in [9.17, 15) is 4.79 Å². The van der Waals surface area contributed by atoms with Crippen molar-refractivity contribution in [3.8, 4) is 0 Å². The molecule has 1 spiro atoms. The number of thiophene rings is 1. The molecule has 1 saturated heterocycles. The fourth-order valence-corrected chi connectivity index (χ4v) is 6.64. The molecule has 1 aliphatic heterocycles. The number of carbonyl (C=O) groups is 1. The number of anilines is 1. The van der Waals surface area contributed by atoms with Crippen molar-refractivity contribution in [3.05, 3.63) is 58.7 Å². The topological polar surface area (TPSA) is 73.4 Å². The molecule has 0 radical (unpaired) electrons. The van der Waals surface area contributed by atoms with Crippen LogP contribution in [0.4, 0.5) is 10.5 Å². The first-order valence-corrected chi connectivity index (χ1v) is 12.6. The third kappa shape index (κ3) is 3.83. The van der Waals surface area contributed by atoms with Crippen LogP contribution in [-0.4, -0.2) is 32.7 Å². The van der Waals surface area contributed by atoms with Crippen molar-refractivity contribution in [3.63, 3.8) is 0 Å². The molecule has 2 aromatic heterocycles. The van der Waals surface area contributed by atoms with Gasteiger partial charge in [-0.05, 0) is 84.3 Å². The summed E-state index contributed by atoms with van der Waals surface area (Å²) in [7, 11) is 0. The Hall–Kier alpha value is -2.77. The monoisotopic (exact) mass is 480 g/mol. The fraction of sp³-hybridized carbons (Fsp3) is 0.360. The highest BCUT2D eigenvalue weighted by atomic mass is 35.5. The lowest BCUT2D eigenvalue weighted by molar-refractivity contribution is 0.00415. The van der Waals surface area contributed by atoms with Gasteiger partial charge < -0.3 is 15.0 Å². The third-order valence-electron chi connectivity index (χ3n) is 7.02. The predicted octanol–water partition coefficient (Wildman–Crippen LogP) is 6.07. The zero-order chi connectivity index (χ0) is 22.6. The minimum atomic E-state index is -0.404. The van der Waals surface area contributed by atoms with Crippen molar-refractivity contribution >= 4 is 55.8 Å². The largest absolute Gasteiger partial charge is 0.441 e. The van der Waals surface area contributed by atoms with Gasteiger partial charge in [-0.15, -0.1) is 11.3 Å². The van der Waals surface area contributed by atoms with Crippen LogP contribution in [-0.2, 0) is 17.8 Å². The minimum Gasteiger partial charge on any atom is -0.441 e. The van der Waals surface area contributed by atoms with Gasteiger partial charge in [-0.25, -0.2) is 9.78 Å². The smallest absolute Gasteiger partial charge is 0.410 e. The summed E-state index contributed by atoms with van der Waals surface area (Å²) in [6, 6.07) is 11.8. The molecule has 2 aliphatic rings. The molecule has 0 bridgehead atoms. The van der Waals surface area contributed by atoms with Gasteiger partial charge in [0.05, 0.1) is 30.5 Å². The summed E-state index contributed by atoms with van der Waals surface area (Å²) in [6.07, 6.45) is 5.64. The van der Waals surface area contributed by atoms with Crippen LogP contribution in [0.1, 0.15) is 31.2 Å². The number of nitrogen functional groups attached to an aromatic ring is 1. The summed E-state index contributed by atoms with van der Waals surface area (Å²) in [5.74, 6) is 0.422. The van der Waals surface area contributed by atoms with Crippen molar-refractivity contribution in [1.82, 2.24) is 14.5 Å². The van der Waals surface area contributed by atoms with Gasteiger partial charge in [0.15, 0.2) is 0 Å². The quantitative estimate of drug-likeness (QED) is 0.360. The lowest BCUT2D eigenvalue weighted by Crippen LogP contribution is -2.40. The number of carbonyl (C=O) groups excluding carboxylic acids is 1. The number of fused-ring (bicyclic) bond motifs is 2. The Morgan fingerprint density at radius 2 is 2.18 bits per heavy atom. The Morgan fingerprint density at radius 1 is 1.27 bits per heavy atom. The van der Waals surface area contributed by atoms with Gasteiger partial charge in [0, 0.05) is 22.0 Å². The minimum absolute atomic E-state index is 0.210. The van der Waals surface area contributed by atoms with Crippen LogP contribution in [0.5, 0.6) is 0 Å². The van der Waals surface area contributed by atoms with Crippen LogP contribution in [0.25, 0.3) is 21.1 Å². The molecule has 33 heavy (non-hydrogen) atoms. The molecule has 2 fully saturated rings. The SMILES string of the molecule is Nc1ccc2ncn(C[C@H]3CCC[C@]4(C3)CN(Cc3csc5ccc(Cl)cc35)C(=O)O4)c2c1. The maximum atomic E-state index is 12.9. The summed E-state index contributed by atoms with van der Waals surface area (Å²) in [5, 5.41) is 3.96. The van der Waals surface area contributed by atoms with E-state index in [-0.39, 0.29) is 6.09 Å². The van der Waals surface area contributed by atoms with Crippen LogP contribution >= 0.6 is 22.9 Å². The van der Waals surface area contributed by atoms with Gasteiger partial charge in [-0.1, -0.05) is 11.6 Å². The van der Waals surface area contributed by atoms with E-state index < -0.39 is 5.60 Å². The predicted molar refractivity (Wildman–Crippen MR) is 133 cm³/mol. The molecule has 1 aliphatic carbocycles. The number of nitrogens with zero attached hydrogens (tertiary/aromatic N) is 3. The third-order valence-corrected chi connectivity index (χ3v) is 8.27. The zero-order valence-electron chi connectivity index (χ0n) is 18.2. The Labute approximate surface area is 200 Å². The molecule has 170 valence electrons. The summed E-state index contributed by atoms with van der Waals surface area (Å²) < 4.78 is 9.43. The van der Waals surface area contributed by atoms with Gasteiger partial charge in [-0.2, -0.15) is 0 Å². The van der Waals surface area contributed by atoms with Crippen molar-refractivity contribution in [2.24, 2.45) is 5.92 Å². The molecule has 1 saturated carbocycles. The molecule has 3 heterocycles. The lowest BCUT2D eigenvalue weighted by atomic mass is 9.78. The molecular formula is C25H25ClN4O2S. The second-order valence-electron chi connectivity index (χ2n) is 9.42. The Balaban J connectivity index is 1.19. The highest BCUT2D eigenvalue weighted by Gasteiger charge is 2.48. The molecular weight excluding hydrogens is 456 g/mol. The molecule has 6 nitrogen and oxygen atoms in total. The van der Waals surface area contributed by atoms with Crippen LogP contribution in [0.3, 0.4) is 0 Å². The van der Waals surface area contributed by atoms with E-state index in [1.165, 1.54) is 4.70 Å². The molecule has 1 amide bonds. The van der Waals surface area contributed by atoms with E-state index >= 15 is 0 Å². The Bertz CT molecular complexity index is 1370. The molecule has 2 aromatic carbocycles. The number of aromatic nitrogens is 2. The van der Waals surface area contributed by atoms with E-state index in [0.29, 0.717) is 24.0 Å². The van der Waals surface area contributed by atoms with E-state index in [0.717, 1.165) is 59.9 Å². The number of hydrogen-bond acceptors (Lipinski definition) is 5. The van der Waals surface area contributed by atoms with Gasteiger partial charge in [0.1, 0.15) is 5.60 Å². The maximum absolute atomic E-state index is 12.9. The second-order valence-corrected chi connectivity index (χ2v) is 10.8. The average Bonchev–Trinajstić information content (AvgIpc) is 3.45. The van der Waals surface area contributed by atoms with E-state index in [4.69, 9.17) is 22.1 Å². The van der Waals surface area contributed by atoms with Crippen molar-refractivity contribution < 1.29 is 9.53 Å². The number of rotatable bonds is 4. The number of halogens is 1. The second kappa shape index (κ2) is 7.92. The van der Waals surface area contributed by atoms with E-state index in [1.54, 1.807) is 11.3 Å². The molecule has 6 rings (SSSR count). The van der Waals surface area contributed by atoms with Crippen LogP contribution in [0.2, 0.25) is 5.02 Å². The first-order valence-electron chi connectivity index (χ1n) is 11.3. The molecule has 2 atom stereocenters. The summed E-state index contributed by atoms with van der Waals surface area (Å²) in [6.45, 7) is 2.04. The lowest BCUT2D eigenvalue weighted by Gasteiger charge is -2.36. The summed E-state index contributed by atoms with van der Waals surface area (Å²) in [5.41, 5.74) is 9.48. The van der Waals surface area contributed by atoms with Crippen molar-refractivity contribution in [2.45, 2.75) is 44.4 Å². The Kier molecular flexibility index (Phi) is 4.99. The van der Waals surface area contributed by atoms with Gasteiger partial charge in [0.25, 0.3) is 0 Å². The maximum Gasteiger partial charge on any atom is 0.410 e. The number of nitrogens with two attached hydrogens (primary N) is 1. The first-order chi connectivity index (χ1) is 16.0. The van der Waals surface area contributed by atoms with Gasteiger partial charge in [0.2, 0.25) is 0 Å². The van der Waals surface area contributed by atoms with Crippen molar-refractivity contribution in [1.29, 1.82) is 0 Å². The normalized spacial score (nSPS) is 23.1. The number of benzene rings is 2. The highest BCUT2D eigenvalue weighted by molar-refractivity contribution is 7.17. The number of hydrogen-bond donors (Lipinski definition) is 1. The number of ether oxygens (including phenoxy) is 1. The van der Waals surface area contributed by atoms with Crippen LogP contribution in [0.15, 0.2) is 48.1 Å². The van der Waals surface area contributed by atoms with Gasteiger partial charge >= 0.3 is 6.09 Å². The highest BCUT2D eigenvalue weighted by Crippen LogP contribution is 2.41. The average molecular weight is 481 g/mol. The van der Waals surface area contributed by atoms with Crippen molar-refractivity contribution in [2.75, 3.05) is 12.3 Å². The van der Waals surface area contributed by atoms with Crippen LogP contribution < -0.4 is 5.73 Å². The number of amides is 1. The molecule has 0 unspecified atom stereocenters. The zero-order valence-corrected chi connectivity index (χ0v) is 19.7. The summed E-state index contributed by atoms with van der Waals surface area (Å²) in [4.78, 5) is 19.2. The fourth-order valence-electron chi connectivity index (χ4n) is 5.53. The molecule has 8 heteroatoms. The van der Waals surface area contributed by atoms with Crippen LogP contribution in [0, 0.1) is 5.92 Å².